The molecule has 2 nitrogen and oxygen atoms in total. The summed E-state index contributed by atoms with van der Waals surface area (Å²) in [5, 5.41) is 7.63. The fourth-order valence-electron chi connectivity index (χ4n) is 1.91. The van der Waals surface area contributed by atoms with Gasteiger partial charge in [0.15, 0.2) is 0 Å². The van der Waals surface area contributed by atoms with Crippen molar-refractivity contribution in [3.8, 4) is 0 Å². The second-order valence-electron chi connectivity index (χ2n) is 3.97. The average Bonchev–Trinajstić information content (AvgIpc) is 2.65. The molecule has 1 unspecified atom stereocenters. The smallest absolute Gasteiger partial charge is 0.0985 e. The van der Waals surface area contributed by atoms with Gasteiger partial charge in [0.05, 0.1) is 10.7 Å². The summed E-state index contributed by atoms with van der Waals surface area (Å²) in [6.07, 6.45) is 2.70. The fourth-order valence-corrected chi connectivity index (χ4v) is 4.21. The van der Waals surface area contributed by atoms with Crippen molar-refractivity contribution in [2.45, 2.75) is 24.0 Å². The van der Waals surface area contributed by atoms with Crippen molar-refractivity contribution in [3.05, 3.63) is 16.1 Å². The number of nitrogens with zero attached hydrogens (tertiary/aromatic N) is 1. The van der Waals surface area contributed by atoms with Gasteiger partial charge in [0.25, 0.3) is 0 Å². The normalized spacial score (nSPS) is 27.9. The molecule has 1 atom stereocenters. The van der Waals surface area contributed by atoms with Gasteiger partial charge in [-0.3, -0.25) is 0 Å². The first-order valence-corrected chi connectivity index (χ1v) is 7.14. The molecule has 0 radical (unpaired) electrons. The van der Waals surface area contributed by atoms with E-state index in [9.17, 15) is 0 Å². The molecule has 0 amide bonds. The van der Waals surface area contributed by atoms with Gasteiger partial charge in [-0.15, -0.1) is 11.3 Å². The molecule has 14 heavy (non-hydrogen) atoms. The third-order valence-electron chi connectivity index (χ3n) is 2.93. The van der Waals surface area contributed by atoms with Crippen LogP contribution in [0.25, 0.3) is 0 Å². The molecule has 4 heteroatoms. The Hall–Kier alpha value is -0.0600. The highest BCUT2D eigenvalue weighted by Crippen LogP contribution is 2.40. The lowest BCUT2D eigenvalue weighted by molar-refractivity contribution is 0.446. The van der Waals surface area contributed by atoms with Crippen LogP contribution in [-0.4, -0.2) is 23.8 Å². The van der Waals surface area contributed by atoms with E-state index in [0.29, 0.717) is 11.2 Å². The first kappa shape index (κ1) is 9.19. The predicted octanol–water partition coefficient (Wildman–Crippen LogP) is 2.40. The molecule has 0 saturated carbocycles. The van der Waals surface area contributed by atoms with Gasteiger partial charge >= 0.3 is 0 Å². The highest BCUT2D eigenvalue weighted by atomic mass is 32.2. The van der Waals surface area contributed by atoms with Crippen LogP contribution in [0.3, 0.4) is 0 Å². The van der Waals surface area contributed by atoms with E-state index in [2.05, 4.69) is 22.5 Å². The quantitative estimate of drug-likeness (QED) is 0.838. The van der Waals surface area contributed by atoms with E-state index < -0.39 is 0 Å². The van der Waals surface area contributed by atoms with Crippen LogP contribution in [0.1, 0.15) is 34.7 Å². The Morgan fingerprint density at radius 2 is 2.36 bits per heavy atom. The third kappa shape index (κ3) is 1.59. The third-order valence-corrected chi connectivity index (χ3v) is 5.36. The summed E-state index contributed by atoms with van der Waals surface area (Å²) in [7, 11) is 0. The van der Waals surface area contributed by atoms with Crippen molar-refractivity contribution in [1.82, 2.24) is 10.3 Å². The molecule has 0 aliphatic carbocycles. The second-order valence-corrected chi connectivity index (χ2v) is 6.17. The summed E-state index contributed by atoms with van der Waals surface area (Å²) in [5.74, 6) is 2.03. The Bertz CT molecular complexity index is 314. The standard InChI is InChI=1S/C10H14N2S2/c1-2-9(13-3-1)8-6-14-10(12-8)7-4-11-5-7/h6-7,9,11H,1-5H2. The molecule has 2 aliphatic heterocycles. The van der Waals surface area contributed by atoms with Gasteiger partial charge in [-0.05, 0) is 18.6 Å². The lowest BCUT2D eigenvalue weighted by Gasteiger charge is -2.24. The lowest BCUT2D eigenvalue weighted by Crippen LogP contribution is -2.39. The van der Waals surface area contributed by atoms with Gasteiger partial charge in [0.2, 0.25) is 0 Å². The molecule has 1 N–H and O–H groups in total. The van der Waals surface area contributed by atoms with Gasteiger partial charge < -0.3 is 5.32 Å². The number of thiazole rings is 1. The highest BCUT2D eigenvalue weighted by Gasteiger charge is 2.25. The van der Waals surface area contributed by atoms with Crippen molar-refractivity contribution < 1.29 is 0 Å². The van der Waals surface area contributed by atoms with Crippen LogP contribution in [0.4, 0.5) is 0 Å². The number of rotatable bonds is 2. The largest absolute Gasteiger partial charge is 0.315 e. The Kier molecular flexibility index (Phi) is 2.51. The molecular formula is C10H14N2S2. The molecular weight excluding hydrogens is 212 g/mol. The molecule has 0 bridgehead atoms. The van der Waals surface area contributed by atoms with E-state index in [1.165, 1.54) is 29.3 Å². The number of hydrogen-bond donors (Lipinski definition) is 1. The van der Waals surface area contributed by atoms with Crippen LogP contribution in [0.15, 0.2) is 5.38 Å². The zero-order valence-corrected chi connectivity index (χ0v) is 9.66. The summed E-state index contributed by atoms with van der Waals surface area (Å²) < 4.78 is 0. The van der Waals surface area contributed by atoms with Crippen LogP contribution < -0.4 is 5.32 Å². The molecule has 2 fully saturated rings. The van der Waals surface area contributed by atoms with Crippen molar-refractivity contribution in [3.63, 3.8) is 0 Å². The van der Waals surface area contributed by atoms with Crippen molar-refractivity contribution in [1.29, 1.82) is 0 Å². The zero-order chi connectivity index (χ0) is 9.38. The van der Waals surface area contributed by atoms with Crippen molar-refractivity contribution in [2.75, 3.05) is 18.8 Å². The number of thioether (sulfide) groups is 1. The summed E-state index contributed by atoms with van der Waals surface area (Å²) in [4.78, 5) is 4.77. The molecule has 3 rings (SSSR count). The summed E-state index contributed by atoms with van der Waals surface area (Å²) in [5.41, 5.74) is 1.35. The predicted molar refractivity (Wildman–Crippen MR) is 62.2 cm³/mol. The van der Waals surface area contributed by atoms with Gasteiger partial charge in [-0.25, -0.2) is 4.98 Å². The molecule has 76 valence electrons. The van der Waals surface area contributed by atoms with Crippen molar-refractivity contribution in [2.24, 2.45) is 0 Å². The molecule has 2 aliphatic rings. The Morgan fingerprint density at radius 3 is 3.00 bits per heavy atom. The van der Waals surface area contributed by atoms with E-state index in [4.69, 9.17) is 4.98 Å². The van der Waals surface area contributed by atoms with E-state index >= 15 is 0 Å². The van der Waals surface area contributed by atoms with Crippen molar-refractivity contribution >= 4 is 23.1 Å². The Morgan fingerprint density at radius 1 is 1.43 bits per heavy atom. The fraction of sp³-hybridized carbons (Fsp3) is 0.700. The molecule has 1 aromatic rings. The van der Waals surface area contributed by atoms with Gasteiger partial charge in [-0.2, -0.15) is 11.8 Å². The second kappa shape index (κ2) is 3.83. The molecule has 0 aromatic carbocycles. The summed E-state index contributed by atoms with van der Waals surface area (Å²) in [6.45, 7) is 2.26. The number of aromatic nitrogens is 1. The first-order chi connectivity index (χ1) is 6.93. The van der Waals surface area contributed by atoms with Crippen LogP contribution in [0.5, 0.6) is 0 Å². The number of hydrogen-bond acceptors (Lipinski definition) is 4. The monoisotopic (exact) mass is 226 g/mol. The minimum absolute atomic E-state index is 0.702. The highest BCUT2D eigenvalue weighted by molar-refractivity contribution is 7.99. The van der Waals surface area contributed by atoms with Gasteiger partial charge in [-0.1, -0.05) is 0 Å². The Balaban J connectivity index is 1.75. The summed E-state index contributed by atoms with van der Waals surface area (Å²) in [6, 6.07) is 0. The van der Waals surface area contributed by atoms with Gasteiger partial charge in [0.1, 0.15) is 0 Å². The average molecular weight is 226 g/mol. The molecule has 0 spiro atoms. The minimum Gasteiger partial charge on any atom is -0.315 e. The minimum atomic E-state index is 0.702. The molecule has 1 aromatic heterocycles. The maximum atomic E-state index is 4.77. The number of nitrogens with one attached hydrogen (secondary N) is 1. The maximum Gasteiger partial charge on any atom is 0.0985 e. The molecule has 2 saturated heterocycles. The Labute approximate surface area is 92.5 Å². The zero-order valence-electron chi connectivity index (χ0n) is 8.03. The maximum absolute atomic E-state index is 4.77. The topological polar surface area (TPSA) is 24.9 Å². The summed E-state index contributed by atoms with van der Waals surface area (Å²) >= 11 is 3.93. The lowest BCUT2D eigenvalue weighted by atomic mass is 10.1. The van der Waals surface area contributed by atoms with Crippen LogP contribution in [0.2, 0.25) is 0 Å². The van der Waals surface area contributed by atoms with Crippen LogP contribution in [0, 0.1) is 0 Å². The first-order valence-electron chi connectivity index (χ1n) is 5.21. The van der Waals surface area contributed by atoms with Crippen LogP contribution in [-0.2, 0) is 0 Å². The van der Waals surface area contributed by atoms with Crippen LogP contribution >= 0.6 is 23.1 Å². The van der Waals surface area contributed by atoms with E-state index in [1.54, 1.807) is 0 Å². The van der Waals surface area contributed by atoms with Gasteiger partial charge in [0, 0.05) is 29.6 Å². The molecule has 3 heterocycles. The van der Waals surface area contributed by atoms with E-state index in [-0.39, 0.29) is 0 Å². The van der Waals surface area contributed by atoms with E-state index in [1.807, 2.05) is 11.3 Å². The SMILES string of the molecule is c1sc(C2CNC2)nc1C1CCCS1. The van der Waals surface area contributed by atoms with E-state index in [0.717, 1.165) is 13.1 Å².